The predicted octanol–water partition coefficient (Wildman–Crippen LogP) is 3.07. The molecular formula is C62H113N11O13. The number of rotatable bonds is 17. The van der Waals surface area contributed by atoms with Crippen molar-refractivity contribution in [1.29, 1.82) is 0 Å². The van der Waals surface area contributed by atoms with Crippen molar-refractivity contribution < 1.29 is 62.8 Å². The van der Waals surface area contributed by atoms with Gasteiger partial charge >= 0.3 is 12.1 Å². The smallest absolute Gasteiger partial charge is 0.391 e. The Hall–Kier alpha value is -5.01. The number of nitrogens with one attached hydrogen (secondary N) is 4. The average Bonchev–Trinajstić information content (AvgIpc) is 1.82. The van der Waals surface area contributed by atoms with E-state index in [1.54, 1.807) is 34.7 Å². The van der Waals surface area contributed by atoms with Crippen LogP contribution in [0.25, 0.3) is 0 Å². The number of carbonyl (C=O) groups is 9. The molecule has 0 aromatic rings. The molecule has 3 rings (SSSR count). The molecule has 3 saturated heterocycles. The number of morpholine rings is 1. The first kappa shape index (κ1) is 75.2. The second kappa shape index (κ2) is 34.1. The van der Waals surface area contributed by atoms with E-state index in [4.69, 9.17) is 9.47 Å². The quantitative estimate of drug-likeness (QED) is 0.0902. The predicted molar refractivity (Wildman–Crippen MR) is 328 cm³/mol. The Morgan fingerprint density at radius 3 is 1.53 bits per heavy atom. The van der Waals surface area contributed by atoms with E-state index in [9.17, 15) is 43.8 Å². The Labute approximate surface area is 514 Å². The summed E-state index contributed by atoms with van der Waals surface area (Å²) in [5.41, 5.74) is 0. The summed E-state index contributed by atoms with van der Waals surface area (Å²) in [5.74, 6) is -7.53. The molecule has 3 heterocycles. The number of hydrogen-bond acceptors (Lipinski definition) is 16. The van der Waals surface area contributed by atoms with E-state index < -0.39 is 139 Å². The molecule has 6 N–H and O–H groups in total. The van der Waals surface area contributed by atoms with Gasteiger partial charge in [-0.1, -0.05) is 90.0 Å². The molecular weight excluding hydrogens is 1110 g/mol. The van der Waals surface area contributed by atoms with E-state index >= 15 is 9.59 Å². The monoisotopic (exact) mass is 1220 g/mol. The van der Waals surface area contributed by atoms with Gasteiger partial charge in [0.05, 0.1) is 43.3 Å². The molecule has 494 valence electrons. The highest BCUT2D eigenvalue weighted by Crippen LogP contribution is 2.28. The fourth-order valence-electron chi connectivity index (χ4n) is 11.9. The SMILES string of the molecule is CC(C)C[C@@H]1C(=O)N[C@H](CC(C)C)C(=O)N(C)C(C(C)C)C(=O)N(C)C([C@H](O)[C@H](C)CCN2CC3CCC(C2)O3)C(=O)NC([C@@H](C)O)C(=O)N(C)CC(=O)N(C)[C@@H](CC(C)C)C(=O)N[C@H](CC(C)C)N(C)[C@H](CC(C)C)N[C@H](C)C(=O)OC(=O)N1C. The van der Waals surface area contributed by atoms with Crippen molar-refractivity contribution in [1.82, 2.24) is 55.6 Å². The van der Waals surface area contributed by atoms with Crippen LogP contribution in [0.15, 0.2) is 0 Å². The zero-order valence-corrected chi connectivity index (χ0v) is 56.0. The van der Waals surface area contributed by atoms with Crippen molar-refractivity contribution in [2.24, 2.45) is 41.4 Å². The largest absolute Gasteiger partial charge is 0.417 e. The van der Waals surface area contributed by atoms with E-state index in [0.29, 0.717) is 38.9 Å². The number of cyclic esters (lactones) is 2. The molecule has 0 aromatic heterocycles. The highest BCUT2D eigenvalue weighted by molar-refractivity contribution is 5.98. The second-order valence-corrected chi connectivity index (χ2v) is 27.6. The van der Waals surface area contributed by atoms with Crippen molar-refractivity contribution in [3.8, 4) is 0 Å². The molecule has 24 heteroatoms. The molecule has 3 fully saturated rings. The highest BCUT2D eigenvalue weighted by Gasteiger charge is 2.45. The lowest BCUT2D eigenvalue weighted by Crippen LogP contribution is -2.64. The van der Waals surface area contributed by atoms with Crippen molar-refractivity contribution in [3.05, 3.63) is 0 Å². The zero-order valence-electron chi connectivity index (χ0n) is 56.0. The van der Waals surface area contributed by atoms with Gasteiger partial charge in [-0.2, -0.15) is 0 Å². The Morgan fingerprint density at radius 2 is 1.03 bits per heavy atom. The summed E-state index contributed by atoms with van der Waals surface area (Å²) in [6, 6.07) is -9.26. The van der Waals surface area contributed by atoms with Crippen LogP contribution in [-0.2, 0) is 47.8 Å². The van der Waals surface area contributed by atoms with Crippen molar-refractivity contribution in [2.45, 2.75) is 234 Å². The molecule has 0 saturated carbocycles. The van der Waals surface area contributed by atoms with E-state index in [-0.39, 0.29) is 61.1 Å². The maximum Gasteiger partial charge on any atom is 0.417 e. The van der Waals surface area contributed by atoms with Crippen LogP contribution >= 0.6 is 0 Å². The van der Waals surface area contributed by atoms with Gasteiger partial charge in [0, 0.05) is 48.3 Å². The Bertz CT molecular complexity index is 2260. The molecule has 3 aliphatic rings. The van der Waals surface area contributed by atoms with Crippen LogP contribution in [0.3, 0.4) is 0 Å². The normalized spacial score (nSPS) is 29.4. The summed E-state index contributed by atoms with van der Waals surface area (Å²) < 4.78 is 11.5. The summed E-state index contributed by atoms with van der Waals surface area (Å²) in [6.45, 7) is 28.7. The third kappa shape index (κ3) is 21.6. The molecule has 0 radical (unpaired) electrons. The molecule has 3 aliphatic heterocycles. The van der Waals surface area contributed by atoms with Gasteiger partial charge in [0.2, 0.25) is 41.4 Å². The Balaban J connectivity index is 2.27. The number of likely N-dealkylation sites (N-methyl/N-ethyl adjacent to an activating group) is 5. The molecule has 24 nitrogen and oxygen atoms in total. The number of nitrogens with zero attached hydrogens (tertiary/aromatic N) is 7. The van der Waals surface area contributed by atoms with Gasteiger partial charge in [-0.3, -0.25) is 53.6 Å². The van der Waals surface area contributed by atoms with Gasteiger partial charge in [0.1, 0.15) is 42.3 Å². The summed E-state index contributed by atoms with van der Waals surface area (Å²) in [7, 11) is 8.70. The minimum Gasteiger partial charge on any atom is -0.391 e. The topological polar surface area (TPSA) is 283 Å². The first-order chi connectivity index (χ1) is 39.9. The third-order valence-electron chi connectivity index (χ3n) is 17.0. The zero-order chi connectivity index (χ0) is 65.5. The minimum absolute atomic E-state index is 0.0524. The number of aliphatic hydroxyl groups is 2. The maximum atomic E-state index is 15.3. The van der Waals surface area contributed by atoms with E-state index in [0.717, 1.165) is 27.5 Å². The van der Waals surface area contributed by atoms with Crippen LogP contribution in [0.4, 0.5) is 4.79 Å². The van der Waals surface area contributed by atoms with E-state index in [1.807, 2.05) is 74.1 Å². The lowest BCUT2D eigenvalue weighted by molar-refractivity contribution is -0.155. The Morgan fingerprint density at radius 1 is 0.547 bits per heavy atom. The summed E-state index contributed by atoms with van der Waals surface area (Å²) in [5, 5.41) is 35.7. The summed E-state index contributed by atoms with van der Waals surface area (Å²) >= 11 is 0. The van der Waals surface area contributed by atoms with Crippen LogP contribution in [0.5, 0.6) is 0 Å². The highest BCUT2D eigenvalue weighted by atomic mass is 16.6. The molecule has 86 heavy (non-hydrogen) atoms. The summed E-state index contributed by atoms with van der Waals surface area (Å²) in [4.78, 5) is 141. The molecule has 0 spiro atoms. The molecule has 0 aromatic carbocycles. The number of ether oxygens (including phenoxy) is 2. The van der Waals surface area contributed by atoms with Crippen LogP contribution in [0.2, 0.25) is 0 Å². The number of fused-ring (bicyclic) bond motifs is 2. The second-order valence-electron chi connectivity index (χ2n) is 27.6. The number of carbonyl (C=O) groups excluding carboxylic acids is 9. The fourth-order valence-corrected chi connectivity index (χ4v) is 11.9. The maximum absolute atomic E-state index is 15.3. The van der Waals surface area contributed by atoms with Crippen LogP contribution in [0, 0.1) is 41.4 Å². The van der Waals surface area contributed by atoms with Gasteiger partial charge in [-0.05, 0) is 120 Å². The van der Waals surface area contributed by atoms with Crippen LogP contribution in [0.1, 0.15) is 155 Å². The van der Waals surface area contributed by atoms with Crippen LogP contribution < -0.4 is 21.3 Å². The number of amides is 8. The first-order valence-electron chi connectivity index (χ1n) is 31.5. The van der Waals surface area contributed by atoms with Crippen LogP contribution in [-0.4, -0.2) is 245 Å². The van der Waals surface area contributed by atoms with Gasteiger partial charge in [-0.25, -0.2) is 9.59 Å². The van der Waals surface area contributed by atoms with Gasteiger partial charge in [0.25, 0.3) is 0 Å². The lowest BCUT2D eigenvalue weighted by Gasteiger charge is -2.41. The summed E-state index contributed by atoms with van der Waals surface area (Å²) in [6.07, 6.45) is -1.55. The number of aliphatic hydroxyl groups excluding tert-OH is 2. The van der Waals surface area contributed by atoms with Gasteiger partial charge < -0.3 is 55.2 Å². The third-order valence-corrected chi connectivity index (χ3v) is 17.0. The minimum atomic E-state index is -1.70. The van der Waals surface area contributed by atoms with E-state index in [1.165, 1.54) is 52.0 Å². The molecule has 5 unspecified atom stereocenters. The molecule has 8 amide bonds. The van der Waals surface area contributed by atoms with Crippen molar-refractivity contribution in [3.63, 3.8) is 0 Å². The Kier molecular flexibility index (Phi) is 29.8. The fraction of sp³-hybridized carbons (Fsp3) is 0.855. The number of hydrogen-bond donors (Lipinski definition) is 6. The molecule has 0 aliphatic carbocycles. The van der Waals surface area contributed by atoms with Crippen molar-refractivity contribution >= 4 is 53.4 Å². The standard InChI is InChI=1S/C62H113N11O13/c1-34(2)26-45-58(80)71(20)52(39(11)12)60(82)72(21)53(54(76)40(13)24-25-73-31-43-22-23-44(32-73)85-43)57(79)66-51(42(15)74)59(81)67(16)33-50(75)68(17)46(27-35(3)4)56(78)65-49(30-38(9)10)70(19)48(29-37(7)8)63-41(14)61(83)86-62(84)69(18)47(28-36(5)6)55(77)64-45/h34-49,51-54,63,74,76H,22-33H2,1-21H3,(H,64,77)(H,65,78)(H,66,79)/t40-,41-,42-,43?,44?,45-,46+,47-,48-,49+,51?,52?,53?,54-/m1/s1. The van der Waals surface area contributed by atoms with Gasteiger partial charge in [-0.15, -0.1) is 0 Å². The lowest BCUT2D eigenvalue weighted by atomic mass is 9.91. The molecule has 14 atom stereocenters. The van der Waals surface area contributed by atoms with Crippen molar-refractivity contribution in [2.75, 3.05) is 68.5 Å². The van der Waals surface area contributed by atoms with Gasteiger partial charge in [0.15, 0.2) is 0 Å². The number of likely N-dealkylation sites (tertiary alicyclic amines) is 1. The first-order valence-corrected chi connectivity index (χ1v) is 31.5. The van der Waals surface area contributed by atoms with E-state index in [2.05, 4.69) is 26.2 Å². The molecule has 2 bridgehead atoms. The average molecular weight is 1220 g/mol. The number of esters is 1.